The van der Waals surface area contributed by atoms with Crippen molar-refractivity contribution in [1.29, 1.82) is 0 Å². The van der Waals surface area contributed by atoms with Crippen LogP contribution in [0.25, 0.3) is 0 Å². The van der Waals surface area contributed by atoms with Crippen molar-refractivity contribution >= 4 is 5.69 Å². The Bertz CT molecular complexity index is 353. The number of aromatic nitrogens is 1. The normalized spacial score (nSPS) is 29.9. The highest BCUT2D eigenvalue weighted by atomic mass is 19.1. The molecule has 0 amide bonds. The highest BCUT2D eigenvalue weighted by molar-refractivity contribution is 5.48. The molecule has 1 aromatic rings. The number of fused-ring (bicyclic) bond motifs is 2. The average Bonchev–Trinajstić information content (AvgIpc) is 2.78. The van der Waals surface area contributed by atoms with Crippen molar-refractivity contribution in [3.8, 4) is 0 Å². The number of hydrogen-bond donors (Lipinski definition) is 0. The molecule has 2 unspecified atom stereocenters. The molecule has 2 fully saturated rings. The van der Waals surface area contributed by atoms with E-state index in [1.165, 1.54) is 19.3 Å². The largest absolute Gasteiger partial charge is 0.368 e. The monoisotopic (exact) mass is 192 g/mol. The first-order valence-corrected chi connectivity index (χ1v) is 5.21. The van der Waals surface area contributed by atoms with E-state index in [0.29, 0.717) is 6.04 Å². The van der Waals surface area contributed by atoms with Gasteiger partial charge in [0.1, 0.15) is 0 Å². The van der Waals surface area contributed by atoms with Gasteiger partial charge < -0.3 is 4.90 Å². The Morgan fingerprint density at radius 1 is 1.43 bits per heavy atom. The quantitative estimate of drug-likeness (QED) is 0.634. The molecule has 2 heterocycles. The Morgan fingerprint density at radius 3 is 3.00 bits per heavy atom. The molecular formula is C11H13FN2. The van der Waals surface area contributed by atoms with Crippen LogP contribution in [0.5, 0.6) is 0 Å². The summed E-state index contributed by atoms with van der Waals surface area (Å²) in [5.74, 6) is 0.474. The lowest BCUT2D eigenvalue weighted by molar-refractivity contribution is 0.548. The van der Waals surface area contributed by atoms with Crippen molar-refractivity contribution in [1.82, 2.24) is 4.98 Å². The van der Waals surface area contributed by atoms with Crippen molar-refractivity contribution in [3.63, 3.8) is 0 Å². The van der Waals surface area contributed by atoms with Crippen LogP contribution in [0.15, 0.2) is 18.3 Å². The van der Waals surface area contributed by atoms with E-state index in [4.69, 9.17) is 0 Å². The molecule has 2 bridgehead atoms. The van der Waals surface area contributed by atoms with E-state index in [1.54, 1.807) is 12.3 Å². The molecule has 3 heteroatoms. The number of nitrogens with zero attached hydrogens (tertiary/aromatic N) is 2. The summed E-state index contributed by atoms with van der Waals surface area (Å²) in [6, 6.07) is 4.10. The number of rotatable bonds is 1. The van der Waals surface area contributed by atoms with Crippen molar-refractivity contribution in [2.24, 2.45) is 5.92 Å². The van der Waals surface area contributed by atoms with Crippen LogP contribution in [-0.4, -0.2) is 17.6 Å². The summed E-state index contributed by atoms with van der Waals surface area (Å²) in [5.41, 5.74) is 1.00. The van der Waals surface area contributed by atoms with Gasteiger partial charge in [-0.3, -0.25) is 0 Å². The summed E-state index contributed by atoms with van der Waals surface area (Å²) in [4.78, 5) is 5.91. The van der Waals surface area contributed by atoms with E-state index in [2.05, 4.69) is 9.88 Å². The van der Waals surface area contributed by atoms with E-state index < -0.39 is 0 Å². The molecule has 1 saturated heterocycles. The van der Waals surface area contributed by atoms with Gasteiger partial charge in [-0.05, 0) is 31.2 Å². The molecule has 0 N–H and O–H groups in total. The van der Waals surface area contributed by atoms with Gasteiger partial charge in [0.15, 0.2) is 0 Å². The zero-order valence-electron chi connectivity index (χ0n) is 7.99. The molecule has 0 radical (unpaired) electrons. The number of piperidine rings is 1. The van der Waals surface area contributed by atoms with E-state index in [0.717, 1.165) is 18.2 Å². The minimum Gasteiger partial charge on any atom is -0.368 e. The summed E-state index contributed by atoms with van der Waals surface area (Å²) in [6.07, 6.45) is 5.48. The molecule has 1 saturated carbocycles. The Hall–Kier alpha value is -1.12. The van der Waals surface area contributed by atoms with Gasteiger partial charge in [0, 0.05) is 30.5 Å². The molecule has 2 nitrogen and oxygen atoms in total. The van der Waals surface area contributed by atoms with Gasteiger partial charge in [0.2, 0.25) is 5.95 Å². The second-order valence-electron chi connectivity index (χ2n) is 4.32. The number of halogens is 1. The van der Waals surface area contributed by atoms with Crippen LogP contribution in [0.3, 0.4) is 0 Å². The zero-order valence-corrected chi connectivity index (χ0v) is 7.99. The van der Waals surface area contributed by atoms with Crippen LogP contribution in [0.1, 0.15) is 19.3 Å². The molecule has 74 valence electrons. The van der Waals surface area contributed by atoms with Gasteiger partial charge in [-0.25, -0.2) is 4.98 Å². The van der Waals surface area contributed by atoms with Gasteiger partial charge in [0.25, 0.3) is 0 Å². The van der Waals surface area contributed by atoms with Crippen LogP contribution in [0, 0.1) is 11.9 Å². The van der Waals surface area contributed by atoms with E-state index >= 15 is 0 Å². The maximum absolute atomic E-state index is 12.9. The second kappa shape index (κ2) is 2.94. The molecule has 3 rings (SSSR count). The maximum atomic E-state index is 12.9. The van der Waals surface area contributed by atoms with Crippen LogP contribution >= 0.6 is 0 Å². The van der Waals surface area contributed by atoms with Gasteiger partial charge in [-0.15, -0.1) is 0 Å². The zero-order chi connectivity index (χ0) is 9.54. The maximum Gasteiger partial charge on any atom is 0.214 e. The Kier molecular flexibility index (Phi) is 1.72. The average molecular weight is 192 g/mol. The first-order valence-electron chi connectivity index (χ1n) is 5.21. The third-order valence-electron chi connectivity index (χ3n) is 3.45. The lowest BCUT2D eigenvalue weighted by Gasteiger charge is -2.28. The van der Waals surface area contributed by atoms with Crippen LogP contribution in [0.2, 0.25) is 0 Å². The van der Waals surface area contributed by atoms with Crippen LogP contribution < -0.4 is 4.90 Å². The predicted octanol–water partition coefficient (Wildman–Crippen LogP) is 2.21. The predicted molar refractivity (Wildman–Crippen MR) is 52.7 cm³/mol. The minimum atomic E-state index is -0.370. The first kappa shape index (κ1) is 8.21. The highest BCUT2D eigenvalue weighted by Crippen LogP contribution is 2.39. The van der Waals surface area contributed by atoms with Gasteiger partial charge in [0.05, 0.1) is 0 Å². The standard InChI is InChI=1S/C11H13FN2/c12-11-6-10(3-4-13-11)14-7-8-1-2-9(14)5-8/h3-4,6,8-9H,1-2,5,7H2. The molecule has 1 aliphatic carbocycles. The number of hydrogen-bond acceptors (Lipinski definition) is 2. The Morgan fingerprint density at radius 2 is 2.36 bits per heavy atom. The van der Waals surface area contributed by atoms with Crippen LogP contribution in [0.4, 0.5) is 10.1 Å². The Balaban J connectivity index is 1.89. The fraction of sp³-hybridized carbons (Fsp3) is 0.545. The third-order valence-corrected chi connectivity index (χ3v) is 3.45. The minimum absolute atomic E-state index is 0.370. The summed E-state index contributed by atoms with van der Waals surface area (Å²) in [6.45, 7) is 1.11. The van der Waals surface area contributed by atoms with Gasteiger partial charge in [-0.2, -0.15) is 4.39 Å². The smallest absolute Gasteiger partial charge is 0.214 e. The summed E-state index contributed by atoms with van der Waals surface area (Å²) in [5, 5.41) is 0. The second-order valence-corrected chi connectivity index (χ2v) is 4.32. The molecular weight excluding hydrogens is 179 g/mol. The molecule has 0 spiro atoms. The summed E-state index contributed by atoms with van der Waals surface area (Å²) in [7, 11) is 0. The molecule has 1 aliphatic heterocycles. The van der Waals surface area contributed by atoms with E-state index in [9.17, 15) is 4.39 Å². The lowest BCUT2D eigenvalue weighted by Crippen LogP contribution is -2.31. The van der Waals surface area contributed by atoms with Crippen molar-refractivity contribution in [2.75, 3.05) is 11.4 Å². The molecule has 14 heavy (non-hydrogen) atoms. The van der Waals surface area contributed by atoms with E-state index in [-0.39, 0.29) is 5.95 Å². The van der Waals surface area contributed by atoms with Crippen molar-refractivity contribution in [2.45, 2.75) is 25.3 Å². The lowest BCUT2D eigenvalue weighted by atomic mass is 10.1. The van der Waals surface area contributed by atoms with Crippen molar-refractivity contribution in [3.05, 3.63) is 24.3 Å². The highest BCUT2D eigenvalue weighted by Gasteiger charge is 2.37. The third kappa shape index (κ3) is 1.19. The summed E-state index contributed by atoms with van der Waals surface area (Å²) >= 11 is 0. The molecule has 2 atom stereocenters. The molecule has 2 aliphatic rings. The Labute approximate surface area is 82.8 Å². The first-order chi connectivity index (χ1) is 6.83. The van der Waals surface area contributed by atoms with Gasteiger partial charge >= 0.3 is 0 Å². The van der Waals surface area contributed by atoms with E-state index in [1.807, 2.05) is 6.07 Å². The topological polar surface area (TPSA) is 16.1 Å². The fourth-order valence-electron chi connectivity index (χ4n) is 2.81. The fourth-order valence-corrected chi connectivity index (χ4v) is 2.81. The van der Waals surface area contributed by atoms with Crippen molar-refractivity contribution < 1.29 is 4.39 Å². The SMILES string of the molecule is Fc1cc(N2CC3CCC2C3)ccn1. The number of pyridine rings is 1. The molecule has 1 aromatic heterocycles. The van der Waals surface area contributed by atoms with Gasteiger partial charge in [-0.1, -0.05) is 0 Å². The number of anilines is 1. The van der Waals surface area contributed by atoms with Crippen LogP contribution in [-0.2, 0) is 0 Å². The molecule has 0 aromatic carbocycles. The summed E-state index contributed by atoms with van der Waals surface area (Å²) < 4.78 is 12.9.